The van der Waals surface area contributed by atoms with Gasteiger partial charge in [-0.15, -0.1) is 0 Å². The number of halogens is 1. The van der Waals surface area contributed by atoms with Crippen LogP contribution in [-0.2, 0) is 5.41 Å². The van der Waals surface area contributed by atoms with Gasteiger partial charge in [0.05, 0.1) is 0 Å². The molecular weight excluding hydrogens is 424 g/mol. The second-order valence-corrected chi connectivity index (χ2v) is 11.3. The molecule has 172 valence electrons. The van der Waals surface area contributed by atoms with E-state index < -0.39 is 0 Å². The van der Waals surface area contributed by atoms with Gasteiger partial charge in [0, 0.05) is 46.9 Å². The summed E-state index contributed by atoms with van der Waals surface area (Å²) < 4.78 is 0. The number of para-hydroxylation sites is 1. The van der Waals surface area contributed by atoms with Crippen molar-refractivity contribution in [2.24, 2.45) is 11.3 Å². The van der Waals surface area contributed by atoms with Gasteiger partial charge in [-0.2, -0.15) is 0 Å². The number of likely N-dealkylation sites (N-methyl/N-ethyl adjacent to an activating group) is 1. The van der Waals surface area contributed by atoms with Gasteiger partial charge in [0.1, 0.15) is 0 Å². The van der Waals surface area contributed by atoms with Crippen LogP contribution in [0.5, 0.6) is 0 Å². The minimum Gasteiger partial charge on any atom is -0.347 e. The number of allylic oxidation sites excluding steroid dienone is 9. The summed E-state index contributed by atoms with van der Waals surface area (Å²) in [6.45, 7) is 9.34. The molecule has 0 bridgehead atoms. The van der Waals surface area contributed by atoms with Crippen LogP contribution in [-0.4, -0.2) is 19.1 Å². The number of fused-ring (bicyclic) bond motifs is 2. The van der Waals surface area contributed by atoms with E-state index in [1.807, 2.05) is 0 Å². The Hall–Kier alpha value is -2.29. The number of benzene rings is 1. The van der Waals surface area contributed by atoms with Gasteiger partial charge in [-0.1, -0.05) is 100 Å². The Balaban J connectivity index is 1.36. The summed E-state index contributed by atoms with van der Waals surface area (Å²) in [7, 11) is 2.16. The maximum atomic E-state index is 6.88. The monoisotopic (exact) mass is 458 g/mol. The Kier molecular flexibility index (Phi) is 5.58. The maximum Gasteiger partial charge on any atom is 0.0470 e. The normalized spacial score (nSPS) is 31.9. The minimum absolute atomic E-state index is 0.0146. The molecule has 2 aliphatic heterocycles. The van der Waals surface area contributed by atoms with Gasteiger partial charge in [0.25, 0.3) is 0 Å². The highest BCUT2D eigenvalue weighted by Gasteiger charge is 2.46. The molecule has 3 unspecified atom stereocenters. The third kappa shape index (κ3) is 3.68. The second-order valence-electron chi connectivity index (χ2n) is 10.9. The van der Waals surface area contributed by atoms with Crippen LogP contribution < -0.4 is 10.2 Å². The average molecular weight is 459 g/mol. The fourth-order valence-electron chi connectivity index (χ4n) is 6.11. The van der Waals surface area contributed by atoms with Crippen LogP contribution in [0.2, 0.25) is 0 Å². The fraction of sp³-hybridized carbons (Fsp3) is 0.400. The van der Waals surface area contributed by atoms with Crippen molar-refractivity contribution in [3.63, 3.8) is 0 Å². The lowest BCUT2D eigenvalue weighted by atomic mass is 9.73. The molecular formula is C30H35ClN2. The van der Waals surface area contributed by atoms with Gasteiger partial charge in [-0.3, -0.25) is 0 Å². The molecule has 1 aromatic rings. The molecule has 2 heterocycles. The van der Waals surface area contributed by atoms with Gasteiger partial charge >= 0.3 is 0 Å². The number of rotatable bonds is 3. The number of nitrogens with one attached hydrogen (secondary N) is 1. The average Bonchev–Trinajstić information content (AvgIpc) is 3.34. The first kappa shape index (κ1) is 22.5. The Morgan fingerprint density at radius 3 is 2.55 bits per heavy atom. The van der Waals surface area contributed by atoms with E-state index in [4.69, 9.17) is 11.6 Å². The van der Waals surface area contributed by atoms with E-state index in [1.54, 1.807) is 0 Å². The first-order chi connectivity index (χ1) is 15.7. The third-order valence-corrected chi connectivity index (χ3v) is 8.75. The third-order valence-electron chi connectivity index (χ3n) is 8.27. The molecule has 0 spiro atoms. The smallest absolute Gasteiger partial charge is 0.0470 e. The quantitative estimate of drug-likeness (QED) is 0.516. The molecule has 1 fully saturated rings. The summed E-state index contributed by atoms with van der Waals surface area (Å²) >= 11 is 6.88. The van der Waals surface area contributed by atoms with Crippen LogP contribution in [0.15, 0.2) is 94.7 Å². The van der Waals surface area contributed by atoms with Gasteiger partial charge in [-0.25, -0.2) is 0 Å². The van der Waals surface area contributed by atoms with E-state index >= 15 is 0 Å². The van der Waals surface area contributed by atoms with Crippen molar-refractivity contribution in [3.05, 3.63) is 100 Å². The highest BCUT2D eigenvalue weighted by atomic mass is 35.5. The predicted molar refractivity (Wildman–Crippen MR) is 142 cm³/mol. The molecule has 5 rings (SSSR count). The Morgan fingerprint density at radius 1 is 1.03 bits per heavy atom. The van der Waals surface area contributed by atoms with Crippen molar-refractivity contribution >= 4 is 17.3 Å². The predicted octanol–water partition coefficient (Wildman–Crippen LogP) is 7.18. The summed E-state index contributed by atoms with van der Waals surface area (Å²) in [6, 6.07) is 9.45. The van der Waals surface area contributed by atoms with Crippen LogP contribution in [0, 0.1) is 11.3 Å². The Morgan fingerprint density at radius 2 is 1.79 bits per heavy atom. The lowest BCUT2D eigenvalue weighted by Crippen LogP contribution is -2.32. The first-order valence-corrected chi connectivity index (χ1v) is 12.5. The molecule has 4 aliphatic rings. The molecule has 2 aliphatic carbocycles. The SMILES string of the molecule is CN1/C(=C\C=C2/CCC(/C=C/C3NC4C=CC=CC4C3(C)C)=C2Cl)C(C)(C)c2ccccc21. The number of nitrogens with zero attached hydrogens (tertiary/aromatic N) is 1. The van der Waals surface area contributed by atoms with E-state index in [9.17, 15) is 0 Å². The second kappa shape index (κ2) is 8.18. The Bertz CT molecular complexity index is 1140. The highest BCUT2D eigenvalue weighted by molar-refractivity contribution is 6.33. The van der Waals surface area contributed by atoms with Gasteiger partial charge in [0.2, 0.25) is 0 Å². The van der Waals surface area contributed by atoms with E-state index in [-0.39, 0.29) is 10.8 Å². The lowest BCUT2D eigenvalue weighted by Gasteiger charge is -2.30. The van der Waals surface area contributed by atoms with E-state index in [0.29, 0.717) is 18.0 Å². The zero-order chi connectivity index (χ0) is 23.4. The maximum absolute atomic E-state index is 6.88. The van der Waals surface area contributed by atoms with Crippen LogP contribution >= 0.6 is 11.6 Å². The minimum atomic E-state index is -0.0146. The van der Waals surface area contributed by atoms with E-state index in [0.717, 1.165) is 17.9 Å². The van der Waals surface area contributed by atoms with Crippen molar-refractivity contribution in [3.8, 4) is 0 Å². The van der Waals surface area contributed by atoms with Crippen molar-refractivity contribution in [1.29, 1.82) is 0 Å². The topological polar surface area (TPSA) is 15.3 Å². The fourth-order valence-corrected chi connectivity index (χ4v) is 6.43. The van der Waals surface area contributed by atoms with Gasteiger partial charge in [0.15, 0.2) is 0 Å². The molecule has 1 aromatic carbocycles. The Labute approximate surface area is 204 Å². The van der Waals surface area contributed by atoms with Crippen molar-refractivity contribution in [1.82, 2.24) is 5.32 Å². The molecule has 0 aromatic heterocycles. The zero-order valence-electron chi connectivity index (χ0n) is 20.4. The van der Waals surface area contributed by atoms with Crippen molar-refractivity contribution < 1.29 is 0 Å². The molecule has 1 saturated heterocycles. The molecule has 0 radical (unpaired) electrons. The van der Waals surface area contributed by atoms with Crippen LogP contribution in [0.4, 0.5) is 5.69 Å². The summed E-state index contributed by atoms with van der Waals surface area (Å²) in [5.74, 6) is 0.531. The van der Waals surface area contributed by atoms with E-state index in [1.165, 1.54) is 28.1 Å². The number of anilines is 1. The van der Waals surface area contributed by atoms with Crippen molar-refractivity contribution in [2.45, 2.75) is 58.0 Å². The van der Waals surface area contributed by atoms with Gasteiger partial charge in [-0.05, 0) is 47.1 Å². The first-order valence-electron chi connectivity index (χ1n) is 12.1. The molecule has 1 N–H and O–H groups in total. The summed E-state index contributed by atoms with van der Waals surface area (Å²) in [5, 5.41) is 4.72. The summed E-state index contributed by atoms with van der Waals surface area (Å²) in [4.78, 5) is 2.32. The van der Waals surface area contributed by atoms with Crippen LogP contribution in [0.25, 0.3) is 0 Å². The number of hydrogen-bond donors (Lipinski definition) is 1. The summed E-state index contributed by atoms with van der Waals surface area (Å²) in [6.07, 6.45) is 20.1. The largest absolute Gasteiger partial charge is 0.347 e. The number of hydrogen-bond acceptors (Lipinski definition) is 2. The highest BCUT2D eigenvalue weighted by Crippen LogP contribution is 2.47. The molecule has 0 saturated carbocycles. The van der Waals surface area contributed by atoms with Crippen molar-refractivity contribution in [2.75, 3.05) is 11.9 Å². The molecule has 3 atom stereocenters. The standard InChI is InChI=1S/C30H35ClN2/c1-29(2)22-10-6-8-12-24(22)32-26(29)18-16-20-14-15-21(28(20)31)17-19-27-30(3,4)23-11-7-9-13-25(23)33(27)5/h6-13,16-19,22,24,26,32H,14-15H2,1-5H3/b18-16+,21-17+,27-19-. The zero-order valence-corrected chi connectivity index (χ0v) is 21.2. The lowest BCUT2D eigenvalue weighted by molar-refractivity contribution is 0.291. The molecule has 2 nitrogen and oxygen atoms in total. The molecule has 0 amide bonds. The summed E-state index contributed by atoms with van der Waals surface area (Å²) in [5.41, 5.74) is 6.63. The van der Waals surface area contributed by atoms with E-state index in [2.05, 4.69) is 118 Å². The van der Waals surface area contributed by atoms with Crippen LogP contribution in [0.3, 0.4) is 0 Å². The van der Waals surface area contributed by atoms with Crippen LogP contribution in [0.1, 0.15) is 46.1 Å². The molecule has 3 heteroatoms. The molecule has 33 heavy (non-hydrogen) atoms. The van der Waals surface area contributed by atoms with Gasteiger partial charge < -0.3 is 10.2 Å².